The van der Waals surface area contributed by atoms with E-state index in [0.29, 0.717) is 24.7 Å². The molecule has 1 amide bonds. The average molecular weight is 315 g/mol. The van der Waals surface area contributed by atoms with Crippen molar-refractivity contribution in [1.82, 2.24) is 10.3 Å². The van der Waals surface area contributed by atoms with Crippen molar-refractivity contribution in [2.75, 3.05) is 18.5 Å². The van der Waals surface area contributed by atoms with E-state index in [-0.39, 0.29) is 18.1 Å². The summed E-state index contributed by atoms with van der Waals surface area (Å²) in [7, 11) is 0. The Morgan fingerprint density at radius 2 is 2.22 bits per heavy atom. The van der Waals surface area contributed by atoms with Gasteiger partial charge < -0.3 is 19.8 Å². The zero-order valence-corrected chi connectivity index (χ0v) is 13.6. The van der Waals surface area contributed by atoms with E-state index in [0.717, 1.165) is 17.0 Å². The molecular formula is C17H21N3O3. The number of carbonyl (C=O) groups is 1. The summed E-state index contributed by atoms with van der Waals surface area (Å²) in [4.78, 5) is 16.8. The Kier molecular flexibility index (Phi) is 4.45. The van der Waals surface area contributed by atoms with E-state index >= 15 is 0 Å². The third kappa shape index (κ3) is 3.43. The quantitative estimate of drug-likeness (QED) is 0.908. The van der Waals surface area contributed by atoms with Crippen molar-refractivity contribution in [3.63, 3.8) is 0 Å². The first kappa shape index (κ1) is 15.7. The number of carbonyl (C=O) groups excluding carboxylic acids is 1. The molecule has 0 unspecified atom stereocenters. The number of morpholine rings is 1. The second-order valence-corrected chi connectivity index (χ2v) is 5.74. The Bertz CT molecular complexity index is 691. The number of nitrogens with one attached hydrogen (secondary N) is 2. The number of aryl methyl sites for hydroxylation is 2. The topological polar surface area (TPSA) is 76.4 Å². The first-order valence-corrected chi connectivity index (χ1v) is 7.75. The van der Waals surface area contributed by atoms with E-state index in [1.807, 2.05) is 45.0 Å². The lowest BCUT2D eigenvalue weighted by Gasteiger charge is -2.29. The van der Waals surface area contributed by atoms with Crippen LogP contribution in [0.25, 0.3) is 11.5 Å². The molecular weight excluding hydrogens is 294 g/mol. The Morgan fingerprint density at radius 3 is 2.91 bits per heavy atom. The van der Waals surface area contributed by atoms with Gasteiger partial charge in [0.15, 0.2) is 0 Å². The molecule has 3 rings (SSSR count). The molecule has 1 aliphatic heterocycles. The van der Waals surface area contributed by atoms with E-state index in [1.165, 1.54) is 0 Å². The maximum absolute atomic E-state index is 12.4. The van der Waals surface area contributed by atoms with Crippen LogP contribution in [0, 0.1) is 13.8 Å². The van der Waals surface area contributed by atoms with Gasteiger partial charge in [0.2, 0.25) is 11.8 Å². The van der Waals surface area contributed by atoms with Gasteiger partial charge in [0.1, 0.15) is 11.8 Å². The van der Waals surface area contributed by atoms with E-state index in [1.54, 1.807) is 0 Å². The summed E-state index contributed by atoms with van der Waals surface area (Å²) < 4.78 is 11.1. The molecule has 2 aromatic rings. The Labute approximate surface area is 135 Å². The van der Waals surface area contributed by atoms with Crippen molar-refractivity contribution in [2.45, 2.75) is 32.9 Å². The fraction of sp³-hybridized carbons (Fsp3) is 0.412. The highest BCUT2D eigenvalue weighted by atomic mass is 16.5. The number of hydrogen-bond donors (Lipinski definition) is 2. The van der Waals surface area contributed by atoms with E-state index in [9.17, 15) is 4.79 Å². The van der Waals surface area contributed by atoms with Crippen LogP contribution in [-0.4, -0.2) is 36.2 Å². The molecule has 1 saturated heterocycles. The zero-order chi connectivity index (χ0) is 16.4. The fourth-order valence-electron chi connectivity index (χ4n) is 2.57. The van der Waals surface area contributed by atoms with Crippen LogP contribution in [0.1, 0.15) is 18.4 Å². The summed E-state index contributed by atoms with van der Waals surface area (Å²) >= 11 is 0. The van der Waals surface area contributed by atoms with Crippen LogP contribution in [0.5, 0.6) is 0 Å². The normalized spacial score (nSPS) is 21.2. The molecule has 2 heterocycles. The Balaban J connectivity index is 1.76. The maximum atomic E-state index is 12.4. The summed E-state index contributed by atoms with van der Waals surface area (Å²) in [5.41, 5.74) is 2.41. The third-order valence-corrected chi connectivity index (χ3v) is 4.00. The number of rotatable bonds is 3. The Morgan fingerprint density at radius 1 is 1.39 bits per heavy atom. The number of hydrogen-bond acceptors (Lipinski definition) is 5. The zero-order valence-electron chi connectivity index (χ0n) is 13.6. The molecule has 0 saturated carbocycles. The number of anilines is 1. The second kappa shape index (κ2) is 6.52. The van der Waals surface area contributed by atoms with E-state index in [4.69, 9.17) is 9.15 Å². The van der Waals surface area contributed by atoms with Crippen molar-refractivity contribution < 1.29 is 13.9 Å². The number of amides is 1. The van der Waals surface area contributed by atoms with Gasteiger partial charge in [0.05, 0.1) is 18.4 Å². The maximum Gasteiger partial charge on any atom is 0.244 e. The van der Waals surface area contributed by atoms with Crippen LogP contribution in [0.3, 0.4) is 0 Å². The lowest BCUT2D eigenvalue weighted by atomic mass is 10.1. The van der Waals surface area contributed by atoms with E-state index < -0.39 is 0 Å². The molecule has 0 radical (unpaired) electrons. The second-order valence-electron chi connectivity index (χ2n) is 5.74. The molecule has 2 atom stereocenters. The van der Waals surface area contributed by atoms with Gasteiger partial charge >= 0.3 is 0 Å². The SMILES string of the molecule is Cc1nc(-c2cccc(NC(=O)[C@H]3NCCO[C@@H]3C)c2)oc1C. The molecule has 1 aromatic heterocycles. The smallest absolute Gasteiger partial charge is 0.244 e. The number of oxazole rings is 1. The Hall–Kier alpha value is -2.18. The number of benzene rings is 1. The van der Waals surface area contributed by atoms with Crippen molar-refractivity contribution >= 4 is 11.6 Å². The molecule has 6 nitrogen and oxygen atoms in total. The first-order valence-electron chi connectivity index (χ1n) is 7.75. The lowest BCUT2D eigenvalue weighted by Crippen LogP contribution is -2.53. The monoisotopic (exact) mass is 315 g/mol. The molecule has 1 fully saturated rings. The van der Waals surface area contributed by atoms with Crippen LogP contribution >= 0.6 is 0 Å². The summed E-state index contributed by atoms with van der Waals surface area (Å²) in [6.07, 6.45) is -0.149. The highest BCUT2D eigenvalue weighted by Gasteiger charge is 2.28. The van der Waals surface area contributed by atoms with Crippen LogP contribution in [0.2, 0.25) is 0 Å². The lowest BCUT2D eigenvalue weighted by molar-refractivity contribution is -0.123. The summed E-state index contributed by atoms with van der Waals surface area (Å²) in [5, 5.41) is 6.10. The summed E-state index contributed by atoms with van der Waals surface area (Å²) in [6.45, 7) is 6.99. The minimum atomic E-state index is -0.348. The van der Waals surface area contributed by atoms with Crippen LogP contribution in [-0.2, 0) is 9.53 Å². The third-order valence-electron chi connectivity index (χ3n) is 4.00. The van der Waals surface area contributed by atoms with Crippen molar-refractivity contribution in [1.29, 1.82) is 0 Å². The van der Waals surface area contributed by atoms with Crippen molar-refractivity contribution in [3.8, 4) is 11.5 Å². The number of nitrogens with zero attached hydrogens (tertiary/aromatic N) is 1. The largest absolute Gasteiger partial charge is 0.441 e. The van der Waals surface area contributed by atoms with Gasteiger partial charge in [-0.15, -0.1) is 0 Å². The van der Waals surface area contributed by atoms with Crippen LogP contribution < -0.4 is 10.6 Å². The van der Waals surface area contributed by atoms with Crippen LogP contribution in [0.4, 0.5) is 5.69 Å². The first-order chi connectivity index (χ1) is 11.0. The molecule has 122 valence electrons. The predicted molar refractivity (Wildman–Crippen MR) is 87.2 cm³/mol. The summed E-state index contributed by atoms with van der Waals surface area (Å²) in [6, 6.07) is 7.13. The van der Waals surface area contributed by atoms with E-state index in [2.05, 4.69) is 15.6 Å². The molecule has 1 aliphatic rings. The van der Waals surface area contributed by atoms with Gasteiger partial charge in [-0.2, -0.15) is 0 Å². The molecule has 0 aliphatic carbocycles. The van der Waals surface area contributed by atoms with Gasteiger partial charge in [-0.25, -0.2) is 4.98 Å². The fourth-order valence-corrected chi connectivity index (χ4v) is 2.57. The molecule has 0 spiro atoms. The average Bonchev–Trinajstić information content (AvgIpc) is 2.87. The summed E-state index contributed by atoms with van der Waals surface area (Å²) in [5.74, 6) is 1.25. The van der Waals surface area contributed by atoms with Gasteiger partial charge in [0.25, 0.3) is 0 Å². The predicted octanol–water partition coefficient (Wildman–Crippen LogP) is 2.27. The van der Waals surface area contributed by atoms with Crippen molar-refractivity contribution in [3.05, 3.63) is 35.7 Å². The van der Waals surface area contributed by atoms with Crippen molar-refractivity contribution in [2.24, 2.45) is 0 Å². The minimum absolute atomic E-state index is 0.103. The molecule has 0 bridgehead atoms. The molecule has 2 N–H and O–H groups in total. The molecule has 1 aromatic carbocycles. The number of ether oxygens (including phenoxy) is 1. The molecule has 6 heteroatoms. The van der Waals surface area contributed by atoms with Gasteiger partial charge in [-0.3, -0.25) is 4.79 Å². The molecule has 23 heavy (non-hydrogen) atoms. The minimum Gasteiger partial charge on any atom is -0.441 e. The van der Waals surface area contributed by atoms with Gasteiger partial charge in [-0.05, 0) is 39.0 Å². The number of aromatic nitrogens is 1. The highest BCUT2D eigenvalue weighted by molar-refractivity contribution is 5.95. The standard InChI is InChI=1S/C17H21N3O3/c1-10-11(2)23-17(19-10)13-5-4-6-14(9-13)20-16(21)15-12(3)22-8-7-18-15/h4-6,9,12,15,18H,7-8H2,1-3H3,(H,20,21)/t12-,15+/m1/s1. The van der Waals surface area contributed by atoms with Crippen LogP contribution in [0.15, 0.2) is 28.7 Å². The van der Waals surface area contributed by atoms with Gasteiger partial charge in [-0.1, -0.05) is 6.07 Å². The highest BCUT2D eigenvalue weighted by Crippen LogP contribution is 2.24. The van der Waals surface area contributed by atoms with Gasteiger partial charge in [0, 0.05) is 17.8 Å².